The lowest BCUT2D eigenvalue weighted by Crippen LogP contribution is -2.13. The number of amides is 1. The number of carbonyl (C=O) groups is 1. The lowest BCUT2D eigenvalue weighted by molar-refractivity contribution is 0.102. The van der Waals surface area contributed by atoms with Crippen LogP contribution >= 0.6 is 23.5 Å². The van der Waals surface area contributed by atoms with Gasteiger partial charge in [-0.1, -0.05) is 19.1 Å². The molecule has 2 aromatic carbocycles. The van der Waals surface area contributed by atoms with Crippen molar-refractivity contribution in [2.75, 3.05) is 22.6 Å². The van der Waals surface area contributed by atoms with E-state index in [0.29, 0.717) is 10.1 Å². The normalized spacial score (nSPS) is 15.1. The third-order valence-corrected chi connectivity index (χ3v) is 8.86. The highest BCUT2D eigenvalue weighted by atomic mass is 32.2. The molecule has 0 unspecified atom stereocenters. The third kappa shape index (κ3) is 4.19. The number of anilines is 1. The molecule has 0 aliphatic carbocycles. The summed E-state index contributed by atoms with van der Waals surface area (Å²) in [5.74, 6) is 1.64. The molecule has 2 N–H and O–H groups in total. The fourth-order valence-electron chi connectivity index (χ4n) is 2.51. The first-order chi connectivity index (χ1) is 12.4. The molecule has 1 aliphatic heterocycles. The summed E-state index contributed by atoms with van der Waals surface area (Å²) in [5.41, 5.74) is 1.70. The van der Waals surface area contributed by atoms with Crippen LogP contribution in [0.5, 0.6) is 5.75 Å². The quantitative estimate of drug-likeness (QED) is 0.729. The van der Waals surface area contributed by atoms with Crippen LogP contribution in [0.1, 0.15) is 27.4 Å². The number of nitrogens with one attached hydrogen (secondary N) is 1. The Morgan fingerprint density at radius 3 is 2.42 bits per heavy atom. The summed E-state index contributed by atoms with van der Waals surface area (Å²) in [6, 6.07) is 11.2. The van der Waals surface area contributed by atoms with Gasteiger partial charge < -0.3 is 10.4 Å². The Morgan fingerprint density at radius 1 is 1.15 bits per heavy atom. The zero-order valence-corrected chi connectivity index (χ0v) is 16.6. The minimum absolute atomic E-state index is 0.0518. The number of rotatable bonds is 5. The molecule has 2 aromatic rings. The molecule has 0 bridgehead atoms. The van der Waals surface area contributed by atoms with Crippen LogP contribution in [-0.2, 0) is 9.84 Å². The number of thioether (sulfide) groups is 2. The number of aromatic hydroxyl groups is 1. The predicted molar refractivity (Wildman–Crippen MR) is 108 cm³/mol. The Kier molecular flexibility index (Phi) is 5.84. The van der Waals surface area contributed by atoms with Gasteiger partial charge in [-0.05, 0) is 35.9 Å². The molecule has 1 saturated heterocycles. The molecule has 26 heavy (non-hydrogen) atoms. The molecule has 5 nitrogen and oxygen atoms in total. The van der Waals surface area contributed by atoms with Crippen LogP contribution in [0.2, 0.25) is 0 Å². The lowest BCUT2D eigenvalue weighted by atomic mass is 10.1. The monoisotopic (exact) mass is 409 g/mol. The van der Waals surface area contributed by atoms with Crippen molar-refractivity contribution in [3.8, 4) is 5.75 Å². The van der Waals surface area contributed by atoms with Crippen molar-refractivity contribution in [2.24, 2.45) is 0 Å². The molecule has 138 valence electrons. The minimum Gasteiger partial charge on any atom is -0.506 e. The average molecular weight is 410 g/mol. The summed E-state index contributed by atoms with van der Waals surface area (Å²) in [6.07, 6.45) is 0. The summed E-state index contributed by atoms with van der Waals surface area (Å²) in [5, 5.41) is 12.5. The third-order valence-electron chi connectivity index (χ3n) is 4.02. The van der Waals surface area contributed by atoms with E-state index in [1.807, 2.05) is 35.7 Å². The largest absolute Gasteiger partial charge is 0.506 e. The summed E-state index contributed by atoms with van der Waals surface area (Å²) >= 11 is 3.79. The number of carbonyl (C=O) groups excluding carboxylic acids is 1. The van der Waals surface area contributed by atoms with Gasteiger partial charge in [-0.3, -0.25) is 4.79 Å². The maximum atomic E-state index is 12.4. The number of hydrogen-bond donors (Lipinski definition) is 2. The molecule has 0 spiro atoms. The van der Waals surface area contributed by atoms with Crippen molar-refractivity contribution in [1.82, 2.24) is 0 Å². The topological polar surface area (TPSA) is 83.5 Å². The maximum absolute atomic E-state index is 12.4. The Hall–Kier alpha value is -1.64. The van der Waals surface area contributed by atoms with Gasteiger partial charge >= 0.3 is 0 Å². The summed E-state index contributed by atoms with van der Waals surface area (Å²) in [4.78, 5) is 12.5. The Morgan fingerprint density at radius 2 is 1.81 bits per heavy atom. The molecule has 0 saturated carbocycles. The number of benzene rings is 2. The highest BCUT2D eigenvalue weighted by Gasteiger charge is 2.19. The van der Waals surface area contributed by atoms with Crippen LogP contribution in [0.4, 0.5) is 5.69 Å². The van der Waals surface area contributed by atoms with E-state index in [1.165, 1.54) is 23.8 Å². The number of hydrogen-bond acceptors (Lipinski definition) is 6. The van der Waals surface area contributed by atoms with Crippen molar-refractivity contribution in [3.63, 3.8) is 0 Å². The number of phenolic OH excluding ortho intramolecular Hbond substituents is 1. The summed E-state index contributed by atoms with van der Waals surface area (Å²) < 4.78 is 24.4. The second kappa shape index (κ2) is 7.94. The first kappa shape index (κ1) is 19.1. The fraction of sp³-hybridized carbons (Fsp3) is 0.278. The summed E-state index contributed by atoms with van der Waals surface area (Å²) in [7, 11) is -3.42. The van der Waals surface area contributed by atoms with E-state index in [9.17, 15) is 18.3 Å². The van der Waals surface area contributed by atoms with Gasteiger partial charge in [-0.15, -0.1) is 23.5 Å². The number of sulfone groups is 1. The molecule has 1 aliphatic rings. The number of phenols is 1. The van der Waals surface area contributed by atoms with Gasteiger partial charge in [-0.2, -0.15) is 0 Å². The lowest BCUT2D eigenvalue weighted by Gasteiger charge is -2.11. The van der Waals surface area contributed by atoms with Crippen LogP contribution in [0, 0.1) is 0 Å². The van der Waals surface area contributed by atoms with Crippen LogP contribution in [-0.4, -0.2) is 36.7 Å². The standard InChI is InChI=1S/C18H19NO4S3/c1-2-26(22,23)14-7-8-16(20)15(11-14)19-17(21)12-3-5-13(6-4-12)18-24-9-10-25-18/h3-8,11,18,20H,2,9-10H2,1H3,(H,19,21). The molecular weight excluding hydrogens is 390 g/mol. The Labute approximate surface area is 161 Å². The second-order valence-electron chi connectivity index (χ2n) is 5.73. The summed E-state index contributed by atoms with van der Waals surface area (Å²) in [6.45, 7) is 1.54. The van der Waals surface area contributed by atoms with Gasteiger partial charge in [0, 0.05) is 17.1 Å². The smallest absolute Gasteiger partial charge is 0.255 e. The van der Waals surface area contributed by atoms with E-state index in [2.05, 4.69) is 5.32 Å². The maximum Gasteiger partial charge on any atom is 0.255 e. The highest BCUT2D eigenvalue weighted by molar-refractivity contribution is 8.19. The fourth-order valence-corrected chi connectivity index (χ4v) is 6.28. The van der Waals surface area contributed by atoms with Gasteiger partial charge in [0.15, 0.2) is 9.84 Å². The highest BCUT2D eigenvalue weighted by Crippen LogP contribution is 2.45. The van der Waals surface area contributed by atoms with Gasteiger partial charge in [0.2, 0.25) is 0 Å². The predicted octanol–water partition coefficient (Wildman–Crippen LogP) is 3.92. The molecule has 1 heterocycles. The van der Waals surface area contributed by atoms with Crippen LogP contribution in [0.15, 0.2) is 47.4 Å². The van der Waals surface area contributed by atoms with E-state index in [-0.39, 0.29) is 22.1 Å². The molecule has 3 rings (SSSR count). The van der Waals surface area contributed by atoms with Gasteiger partial charge in [-0.25, -0.2) is 8.42 Å². The first-order valence-corrected chi connectivity index (χ1v) is 11.9. The molecule has 1 fully saturated rings. The molecule has 0 atom stereocenters. The molecular formula is C18H19NO4S3. The van der Waals surface area contributed by atoms with E-state index in [0.717, 1.165) is 11.5 Å². The van der Waals surface area contributed by atoms with Crippen LogP contribution in [0.25, 0.3) is 0 Å². The van der Waals surface area contributed by atoms with Crippen molar-refractivity contribution in [1.29, 1.82) is 0 Å². The molecule has 0 radical (unpaired) electrons. The molecule has 1 amide bonds. The van der Waals surface area contributed by atoms with Gasteiger partial charge in [0.05, 0.1) is 20.9 Å². The van der Waals surface area contributed by atoms with Crippen molar-refractivity contribution in [2.45, 2.75) is 16.4 Å². The van der Waals surface area contributed by atoms with E-state index >= 15 is 0 Å². The second-order valence-corrected chi connectivity index (χ2v) is 10.7. The van der Waals surface area contributed by atoms with Crippen LogP contribution < -0.4 is 5.32 Å². The zero-order valence-electron chi connectivity index (χ0n) is 14.1. The van der Waals surface area contributed by atoms with E-state index < -0.39 is 15.7 Å². The molecule has 8 heteroatoms. The van der Waals surface area contributed by atoms with Gasteiger partial charge in [0.25, 0.3) is 5.91 Å². The minimum atomic E-state index is -3.42. The van der Waals surface area contributed by atoms with Crippen molar-refractivity contribution < 1.29 is 18.3 Å². The van der Waals surface area contributed by atoms with E-state index in [1.54, 1.807) is 19.1 Å². The zero-order chi connectivity index (χ0) is 18.7. The Bertz CT molecular complexity index is 905. The first-order valence-electron chi connectivity index (χ1n) is 8.11. The van der Waals surface area contributed by atoms with Crippen molar-refractivity contribution in [3.05, 3.63) is 53.6 Å². The molecule has 0 aromatic heterocycles. The Balaban J connectivity index is 1.78. The van der Waals surface area contributed by atoms with E-state index in [4.69, 9.17) is 0 Å². The van der Waals surface area contributed by atoms with Crippen LogP contribution in [0.3, 0.4) is 0 Å². The average Bonchev–Trinajstić information content (AvgIpc) is 3.18. The van der Waals surface area contributed by atoms with Gasteiger partial charge in [0.1, 0.15) is 5.75 Å². The van der Waals surface area contributed by atoms with Crippen molar-refractivity contribution >= 4 is 45.0 Å². The SMILES string of the molecule is CCS(=O)(=O)c1ccc(O)c(NC(=O)c2ccc(C3SCCS3)cc2)c1.